The fraction of sp³-hybridized carbons (Fsp3) is 0.444. The van der Waals surface area contributed by atoms with Gasteiger partial charge in [0, 0.05) is 11.3 Å². The maximum absolute atomic E-state index is 12.3. The van der Waals surface area contributed by atoms with Crippen LogP contribution >= 0.6 is 0 Å². The Morgan fingerprint density at radius 3 is 2.41 bits per heavy atom. The summed E-state index contributed by atoms with van der Waals surface area (Å²) >= 11 is 0. The van der Waals surface area contributed by atoms with Gasteiger partial charge in [0.2, 0.25) is 0 Å². The van der Waals surface area contributed by atoms with Crippen molar-refractivity contribution in [2.75, 3.05) is 6.61 Å². The number of carbonyl (C=O) groups excluding carboxylic acids is 2. The van der Waals surface area contributed by atoms with E-state index in [1.807, 2.05) is 18.2 Å². The van der Waals surface area contributed by atoms with E-state index in [1.54, 1.807) is 19.1 Å². The minimum Gasteiger partial charge on any atom is -0.463 e. The molecule has 1 aromatic rings. The molecule has 0 heterocycles. The molecule has 0 aromatic heterocycles. The number of benzene rings is 1. The second-order valence-corrected chi connectivity index (χ2v) is 5.41. The van der Waals surface area contributed by atoms with Crippen LogP contribution in [0.5, 0.6) is 0 Å². The first-order chi connectivity index (χ1) is 10.7. The van der Waals surface area contributed by atoms with Crippen molar-refractivity contribution in [3.63, 3.8) is 0 Å². The maximum atomic E-state index is 12.3. The summed E-state index contributed by atoms with van der Waals surface area (Å²) in [7, 11) is 0. The monoisotopic (exact) mass is 301 g/mol. The summed E-state index contributed by atoms with van der Waals surface area (Å²) in [5.41, 5.74) is 1.96. The Balaban J connectivity index is 2.21. The number of amides is 1. The summed E-state index contributed by atoms with van der Waals surface area (Å²) in [6.45, 7) is 2.14. The van der Waals surface area contributed by atoms with Gasteiger partial charge >= 0.3 is 5.97 Å². The molecule has 1 amide bonds. The smallest absolute Gasteiger partial charge is 0.335 e. The van der Waals surface area contributed by atoms with Gasteiger partial charge in [-0.3, -0.25) is 4.79 Å². The molecular formula is C18H23NO3. The third kappa shape index (κ3) is 4.45. The van der Waals surface area contributed by atoms with E-state index in [-0.39, 0.29) is 11.9 Å². The largest absolute Gasteiger partial charge is 0.463 e. The first kappa shape index (κ1) is 16.3. The number of hydrogen-bond acceptors (Lipinski definition) is 3. The first-order valence-corrected chi connectivity index (χ1v) is 7.98. The number of nitrogens with one attached hydrogen (secondary N) is 1. The van der Waals surface area contributed by atoms with E-state index in [0.29, 0.717) is 30.6 Å². The molecule has 22 heavy (non-hydrogen) atoms. The predicted octanol–water partition coefficient (Wildman–Crippen LogP) is 3.59. The van der Waals surface area contributed by atoms with Crippen molar-refractivity contribution in [3.8, 4) is 0 Å². The van der Waals surface area contributed by atoms with Crippen molar-refractivity contribution < 1.29 is 14.3 Å². The van der Waals surface area contributed by atoms with E-state index in [0.717, 1.165) is 31.4 Å². The summed E-state index contributed by atoms with van der Waals surface area (Å²) in [6.07, 6.45) is 5.56. The molecule has 0 saturated heterocycles. The number of ether oxygens (including phenoxy) is 1. The molecule has 1 N–H and O–H groups in total. The van der Waals surface area contributed by atoms with E-state index >= 15 is 0 Å². The van der Waals surface area contributed by atoms with Gasteiger partial charge < -0.3 is 10.1 Å². The van der Waals surface area contributed by atoms with Crippen LogP contribution in [0.3, 0.4) is 0 Å². The fourth-order valence-corrected chi connectivity index (χ4v) is 2.64. The molecule has 0 bridgehead atoms. The third-order valence-corrected chi connectivity index (χ3v) is 3.79. The van der Waals surface area contributed by atoms with E-state index in [2.05, 4.69) is 5.32 Å². The van der Waals surface area contributed by atoms with E-state index in [1.165, 1.54) is 0 Å². The average Bonchev–Trinajstić information content (AvgIpc) is 2.51. The molecule has 0 saturated carbocycles. The second kappa shape index (κ2) is 8.37. The molecule has 1 aliphatic carbocycles. The molecule has 118 valence electrons. The van der Waals surface area contributed by atoms with Gasteiger partial charge in [-0.1, -0.05) is 31.0 Å². The lowest BCUT2D eigenvalue weighted by Crippen LogP contribution is -2.27. The van der Waals surface area contributed by atoms with Crippen molar-refractivity contribution in [3.05, 3.63) is 47.2 Å². The lowest BCUT2D eigenvalue weighted by molar-refractivity contribution is -0.138. The zero-order valence-electron chi connectivity index (χ0n) is 13.1. The fourth-order valence-electron chi connectivity index (χ4n) is 2.64. The van der Waals surface area contributed by atoms with Crippen LogP contribution < -0.4 is 5.32 Å². The topological polar surface area (TPSA) is 55.4 Å². The van der Waals surface area contributed by atoms with Crippen molar-refractivity contribution in [1.29, 1.82) is 0 Å². The summed E-state index contributed by atoms with van der Waals surface area (Å²) in [5, 5.41) is 2.93. The van der Waals surface area contributed by atoms with Gasteiger partial charge in [0.25, 0.3) is 5.91 Å². The minimum absolute atomic E-state index is 0.169. The highest BCUT2D eigenvalue weighted by Crippen LogP contribution is 2.23. The highest BCUT2D eigenvalue weighted by molar-refractivity contribution is 5.97. The summed E-state index contributed by atoms with van der Waals surface area (Å²) in [4.78, 5) is 24.5. The summed E-state index contributed by atoms with van der Waals surface area (Å²) < 4.78 is 5.15. The molecule has 1 aliphatic rings. The average molecular weight is 301 g/mol. The maximum Gasteiger partial charge on any atom is 0.335 e. The predicted molar refractivity (Wildman–Crippen MR) is 85.3 cm³/mol. The Labute approximate surface area is 131 Å². The van der Waals surface area contributed by atoms with E-state index < -0.39 is 0 Å². The molecular weight excluding hydrogens is 278 g/mol. The van der Waals surface area contributed by atoms with Crippen LogP contribution in [0, 0.1) is 0 Å². The quantitative estimate of drug-likeness (QED) is 0.865. The number of hydrogen-bond donors (Lipinski definition) is 1. The number of carbonyl (C=O) groups is 2. The van der Waals surface area contributed by atoms with Crippen molar-refractivity contribution >= 4 is 11.9 Å². The molecule has 0 radical (unpaired) electrons. The standard InChI is InChI=1S/C18H23NO3/c1-2-22-18(21)15-12-8-3-4-9-13-16(15)19-17(20)14-10-6-5-7-11-14/h5-7,10-11H,2-4,8-9,12-13H2,1H3,(H,19,20)/b16-15-. The first-order valence-electron chi connectivity index (χ1n) is 7.98. The summed E-state index contributed by atoms with van der Waals surface area (Å²) in [5.74, 6) is -0.467. The van der Waals surface area contributed by atoms with Gasteiger partial charge in [-0.2, -0.15) is 0 Å². The van der Waals surface area contributed by atoms with Crippen LogP contribution in [0.1, 0.15) is 55.8 Å². The zero-order valence-corrected chi connectivity index (χ0v) is 13.1. The van der Waals surface area contributed by atoms with Gasteiger partial charge in [0.05, 0.1) is 12.2 Å². The van der Waals surface area contributed by atoms with Crippen molar-refractivity contribution in [2.45, 2.75) is 45.4 Å². The van der Waals surface area contributed by atoms with Gasteiger partial charge in [0.1, 0.15) is 0 Å². The number of rotatable bonds is 4. The molecule has 0 fully saturated rings. The molecule has 0 aliphatic heterocycles. The zero-order chi connectivity index (χ0) is 15.8. The van der Waals surface area contributed by atoms with Crippen LogP contribution in [0.25, 0.3) is 0 Å². The van der Waals surface area contributed by atoms with Crippen LogP contribution in [0.15, 0.2) is 41.6 Å². The van der Waals surface area contributed by atoms with Gasteiger partial charge in [-0.05, 0) is 44.7 Å². The second-order valence-electron chi connectivity index (χ2n) is 5.41. The Morgan fingerprint density at radius 2 is 1.73 bits per heavy atom. The van der Waals surface area contributed by atoms with Crippen molar-refractivity contribution in [2.24, 2.45) is 0 Å². The van der Waals surface area contributed by atoms with E-state index in [9.17, 15) is 9.59 Å². The third-order valence-electron chi connectivity index (χ3n) is 3.79. The highest BCUT2D eigenvalue weighted by Gasteiger charge is 2.20. The van der Waals surface area contributed by atoms with Crippen molar-refractivity contribution in [1.82, 2.24) is 5.32 Å². The lowest BCUT2D eigenvalue weighted by Gasteiger charge is -2.18. The molecule has 0 atom stereocenters. The Bertz CT molecular complexity index is 549. The normalized spacial score (nSPS) is 19.0. The van der Waals surface area contributed by atoms with Crippen LogP contribution in [-0.4, -0.2) is 18.5 Å². The minimum atomic E-state index is -0.298. The molecule has 0 spiro atoms. The molecule has 4 heteroatoms. The van der Waals surface area contributed by atoms with E-state index in [4.69, 9.17) is 4.74 Å². The number of esters is 1. The Kier molecular flexibility index (Phi) is 6.19. The Hall–Kier alpha value is -2.10. The highest BCUT2D eigenvalue weighted by atomic mass is 16.5. The van der Waals surface area contributed by atoms with Gasteiger partial charge in [-0.15, -0.1) is 0 Å². The number of allylic oxidation sites excluding steroid dienone is 1. The van der Waals surface area contributed by atoms with Crippen LogP contribution in [0.4, 0.5) is 0 Å². The van der Waals surface area contributed by atoms with Gasteiger partial charge in [0.15, 0.2) is 0 Å². The van der Waals surface area contributed by atoms with Gasteiger partial charge in [-0.25, -0.2) is 4.79 Å². The molecule has 0 unspecified atom stereocenters. The Morgan fingerprint density at radius 1 is 1.05 bits per heavy atom. The SMILES string of the molecule is CCOC(=O)/C1=C(\NC(=O)c2ccccc2)CCCCCC1. The molecule has 2 rings (SSSR count). The lowest BCUT2D eigenvalue weighted by atomic mass is 9.97. The molecule has 4 nitrogen and oxygen atoms in total. The van der Waals surface area contributed by atoms with Crippen LogP contribution in [-0.2, 0) is 9.53 Å². The molecule has 1 aromatic carbocycles. The van der Waals surface area contributed by atoms with Crippen LogP contribution in [0.2, 0.25) is 0 Å². The summed E-state index contributed by atoms with van der Waals surface area (Å²) in [6, 6.07) is 9.06.